The van der Waals surface area contributed by atoms with Crippen LogP contribution in [0.1, 0.15) is 77.6 Å². The van der Waals surface area contributed by atoms with Crippen LogP contribution in [0.25, 0.3) is 0 Å². The van der Waals surface area contributed by atoms with E-state index < -0.39 is 5.88 Å². The molecule has 174 valence electrons. The Kier molecular flexibility index (Phi) is 10.1. The zero-order valence-corrected chi connectivity index (χ0v) is 18.9. The zero-order chi connectivity index (χ0) is 22.8. The molecule has 0 spiro atoms. The van der Waals surface area contributed by atoms with Crippen molar-refractivity contribution in [1.29, 1.82) is 0 Å². The Morgan fingerprint density at radius 3 is 2.19 bits per heavy atom. The number of azo groups is 1. The molecule has 0 bridgehead atoms. The second-order valence-electron chi connectivity index (χ2n) is 8.71. The Balaban J connectivity index is 2.28. The first-order valence-corrected chi connectivity index (χ1v) is 11.4. The van der Waals surface area contributed by atoms with Gasteiger partial charge in [-0.25, -0.2) is 4.79 Å². The molecule has 1 atom stereocenters. The number of nitrogens with two attached hydrogens (primary N) is 1. The third-order valence-electron chi connectivity index (χ3n) is 6.26. The summed E-state index contributed by atoms with van der Waals surface area (Å²) in [7, 11) is 1.78. The standard InChI is InChI=1S/C22H38N6O3/c1-16(24-23)14-17(2)25-26-20(15-29)21(30)28(19-12-8-5-9-13-19)22(31)27(3)18-10-6-4-7-11-18/h15-16,18-19,24,30H,2,4-14,23H2,1,3H3/b21-20-,26-25+. The van der Waals surface area contributed by atoms with E-state index in [1.165, 1.54) is 11.3 Å². The van der Waals surface area contributed by atoms with Crippen molar-refractivity contribution in [3.8, 4) is 0 Å². The molecule has 0 aromatic rings. The smallest absolute Gasteiger partial charge is 0.327 e. The number of nitrogens with one attached hydrogen (secondary N) is 1. The second kappa shape index (κ2) is 12.6. The van der Waals surface area contributed by atoms with Crippen molar-refractivity contribution in [3.05, 3.63) is 23.9 Å². The molecule has 2 rings (SSSR count). The van der Waals surface area contributed by atoms with Crippen molar-refractivity contribution in [2.75, 3.05) is 7.05 Å². The number of hydrogen-bond donors (Lipinski definition) is 3. The van der Waals surface area contributed by atoms with Crippen molar-refractivity contribution < 1.29 is 14.7 Å². The number of allylic oxidation sites excluding steroid dienone is 1. The van der Waals surface area contributed by atoms with Crippen molar-refractivity contribution in [2.45, 2.75) is 95.7 Å². The summed E-state index contributed by atoms with van der Waals surface area (Å²) in [5, 5.41) is 18.9. The first-order chi connectivity index (χ1) is 14.9. The van der Waals surface area contributed by atoms with Crippen LogP contribution in [0.5, 0.6) is 0 Å². The lowest BCUT2D eigenvalue weighted by Gasteiger charge is -2.39. The maximum atomic E-state index is 13.5. The molecule has 2 saturated carbocycles. The number of rotatable bonds is 9. The molecular formula is C22H38N6O3. The Hall–Kier alpha value is -2.26. The van der Waals surface area contributed by atoms with Crippen LogP contribution in [0, 0.1) is 0 Å². The van der Waals surface area contributed by atoms with Gasteiger partial charge in [0.15, 0.2) is 12.0 Å². The van der Waals surface area contributed by atoms with E-state index in [2.05, 4.69) is 22.2 Å². The highest BCUT2D eigenvalue weighted by molar-refractivity contribution is 5.80. The van der Waals surface area contributed by atoms with Gasteiger partial charge in [0.05, 0.1) is 5.70 Å². The SMILES string of the molecule is C=C(CC(C)NN)/N=N/C(C=O)=C(\O)N(C(=O)N(C)C1CCCCC1)C1CCCCC1. The Morgan fingerprint density at radius 1 is 1.13 bits per heavy atom. The molecule has 0 aromatic heterocycles. The third-order valence-corrected chi connectivity index (χ3v) is 6.26. The fraction of sp³-hybridized carbons (Fsp3) is 0.727. The number of nitrogens with zero attached hydrogens (tertiary/aromatic N) is 4. The third kappa shape index (κ3) is 7.14. The minimum absolute atomic E-state index is 0.0619. The number of aldehydes is 1. The Labute approximate surface area is 185 Å². The van der Waals surface area contributed by atoms with Crippen LogP contribution in [-0.4, -0.2) is 52.4 Å². The van der Waals surface area contributed by atoms with E-state index in [9.17, 15) is 14.7 Å². The summed E-state index contributed by atoms with van der Waals surface area (Å²) in [5.74, 6) is 4.94. The zero-order valence-electron chi connectivity index (χ0n) is 18.9. The van der Waals surface area contributed by atoms with E-state index in [-0.39, 0.29) is 29.9 Å². The van der Waals surface area contributed by atoms with Gasteiger partial charge in [-0.2, -0.15) is 5.11 Å². The number of carbonyl (C=O) groups excluding carboxylic acids is 2. The summed E-state index contributed by atoms with van der Waals surface area (Å²) in [6.45, 7) is 5.66. The number of aliphatic hydroxyl groups excluding tert-OH is 1. The van der Waals surface area contributed by atoms with Gasteiger partial charge in [-0.1, -0.05) is 45.1 Å². The normalized spacial score (nSPS) is 20.2. The number of hydrazine groups is 1. The van der Waals surface area contributed by atoms with E-state index in [1.54, 1.807) is 11.9 Å². The lowest BCUT2D eigenvalue weighted by molar-refractivity contribution is -0.105. The van der Waals surface area contributed by atoms with Gasteiger partial charge >= 0.3 is 6.03 Å². The number of urea groups is 1. The highest BCUT2D eigenvalue weighted by Gasteiger charge is 2.34. The highest BCUT2D eigenvalue weighted by atomic mass is 16.3. The molecule has 4 N–H and O–H groups in total. The van der Waals surface area contributed by atoms with Gasteiger partial charge in [0.1, 0.15) is 0 Å². The average Bonchev–Trinajstić information content (AvgIpc) is 2.80. The Morgan fingerprint density at radius 2 is 1.68 bits per heavy atom. The number of hydrogen-bond acceptors (Lipinski definition) is 7. The van der Waals surface area contributed by atoms with E-state index >= 15 is 0 Å². The van der Waals surface area contributed by atoms with Crippen molar-refractivity contribution in [2.24, 2.45) is 16.1 Å². The monoisotopic (exact) mass is 434 g/mol. The van der Waals surface area contributed by atoms with Crippen molar-refractivity contribution in [3.63, 3.8) is 0 Å². The molecule has 1 unspecified atom stereocenters. The summed E-state index contributed by atoms with van der Waals surface area (Å²) in [4.78, 5) is 28.3. The summed E-state index contributed by atoms with van der Waals surface area (Å²) in [6, 6.07) is -0.368. The van der Waals surface area contributed by atoms with E-state index in [0.29, 0.717) is 18.4 Å². The molecule has 9 heteroatoms. The molecule has 0 saturated heterocycles. The van der Waals surface area contributed by atoms with Crippen LogP contribution in [0.4, 0.5) is 4.79 Å². The van der Waals surface area contributed by atoms with Crippen LogP contribution in [0.15, 0.2) is 34.1 Å². The lowest BCUT2D eigenvalue weighted by Crippen LogP contribution is -2.50. The largest absolute Gasteiger partial charge is 0.493 e. The maximum absolute atomic E-state index is 13.5. The van der Waals surface area contributed by atoms with Gasteiger partial charge in [-0.15, -0.1) is 5.11 Å². The number of carbonyl (C=O) groups is 2. The molecule has 2 aliphatic rings. The molecule has 2 fully saturated rings. The molecule has 9 nitrogen and oxygen atoms in total. The van der Waals surface area contributed by atoms with Gasteiger partial charge in [-0.05, 0) is 32.6 Å². The second-order valence-corrected chi connectivity index (χ2v) is 8.71. The molecular weight excluding hydrogens is 396 g/mol. The molecule has 2 amide bonds. The van der Waals surface area contributed by atoms with Crippen molar-refractivity contribution in [1.82, 2.24) is 15.2 Å². The quantitative estimate of drug-likeness (QED) is 0.126. The van der Waals surface area contributed by atoms with Crippen LogP contribution < -0.4 is 11.3 Å². The van der Waals surface area contributed by atoms with Crippen LogP contribution >= 0.6 is 0 Å². The lowest BCUT2D eigenvalue weighted by atomic mass is 9.93. The first kappa shape index (κ1) is 25.0. The molecule has 0 aromatic carbocycles. The summed E-state index contributed by atoms with van der Waals surface area (Å²) >= 11 is 0. The van der Waals surface area contributed by atoms with Gasteiger partial charge in [0.25, 0.3) is 0 Å². The summed E-state index contributed by atoms with van der Waals surface area (Å²) in [6.07, 6.45) is 10.8. The fourth-order valence-electron chi connectivity index (χ4n) is 4.38. The predicted octanol–water partition coefficient (Wildman–Crippen LogP) is 4.14. The molecule has 0 heterocycles. The van der Waals surface area contributed by atoms with Gasteiger partial charge in [0.2, 0.25) is 5.88 Å². The molecule has 2 aliphatic carbocycles. The van der Waals surface area contributed by atoms with Crippen LogP contribution in [0.3, 0.4) is 0 Å². The molecule has 0 radical (unpaired) electrons. The molecule has 31 heavy (non-hydrogen) atoms. The van der Waals surface area contributed by atoms with Gasteiger partial charge < -0.3 is 10.0 Å². The van der Waals surface area contributed by atoms with Crippen LogP contribution in [0.2, 0.25) is 0 Å². The van der Waals surface area contributed by atoms with Gasteiger partial charge in [0, 0.05) is 31.6 Å². The minimum atomic E-state index is -0.434. The minimum Gasteiger partial charge on any atom is -0.493 e. The Bertz CT molecular complexity index is 681. The van der Waals surface area contributed by atoms with E-state index in [0.717, 1.165) is 57.8 Å². The number of aliphatic hydroxyl groups is 1. The predicted molar refractivity (Wildman–Crippen MR) is 120 cm³/mol. The van der Waals surface area contributed by atoms with Crippen molar-refractivity contribution >= 4 is 12.3 Å². The fourth-order valence-corrected chi connectivity index (χ4v) is 4.38. The topological polar surface area (TPSA) is 124 Å². The highest BCUT2D eigenvalue weighted by Crippen LogP contribution is 2.29. The average molecular weight is 435 g/mol. The molecule has 0 aliphatic heterocycles. The van der Waals surface area contributed by atoms with E-state index in [1.807, 2.05) is 6.92 Å². The van der Waals surface area contributed by atoms with E-state index in [4.69, 9.17) is 5.84 Å². The van der Waals surface area contributed by atoms with Gasteiger partial charge in [-0.3, -0.25) is 21.0 Å². The maximum Gasteiger partial charge on any atom is 0.327 e. The summed E-state index contributed by atoms with van der Waals surface area (Å²) < 4.78 is 0. The first-order valence-electron chi connectivity index (χ1n) is 11.4. The summed E-state index contributed by atoms with van der Waals surface area (Å²) in [5.41, 5.74) is 2.73. The van der Waals surface area contributed by atoms with Crippen LogP contribution in [-0.2, 0) is 4.79 Å². The number of amides is 2.